The SMILES string of the molecule is CC1CC1NC(=O)Cc1ccc(C(N)=S)cc1. The summed E-state index contributed by atoms with van der Waals surface area (Å²) in [6.07, 6.45) is 1.52. The smallest absolute Gasteiger partial charge is 0.224 e. The number of amides is 1. The van der Waals surface area contributed by atoms with E-state index in [-0.39, 0.29) is 5.91 Å². The molecule has 0 heterocycles. The number of rotatable bonds is 4. The van der Waals surface area contributed by atoms with E-state index in [0.717, 1.165) is 17.5 Å². The van der Waals surface area contributed by atoms with Gasteiger partial charge in [-0.15, -0.1) is 0 Å². The summed E-state index contributed by atoms with van der Waals surface area (Å²) in [5, 5.41) is 3.00. The highest BCUT2D eigenvalue weighted by molar-refractivity contribution is 7.80. The van der Waals surface area contributed by atoms with Crippen molar-refractivity contribution in [3.63, 3.8) is 0 Å². The zero-order chi connectivity index (χ0) is 12.4. The van der Waals surface area contributed by atoms with Gasteiger partial charge >= 0.3 is 0 Å². The van der Waals surface area contributed by atoms with Crippen LogP contribution in [-0.4, -0.2) is 16.9 Å². The molecule has 4 heteroatoms. The van der Waals surface area contributed by atoms with Crippen LogP contribution in [0, 0.1) is 5.92 Å². The average Bonchev–Trinajstić information content (AvgIpc) is 2.94. The summed E-state index contributed by atoms with van der Waals surface area (Å²) in [7, 11) is 0. The monoisotopic (exact) mass is 248 g/mol. The molecule has 1 fully saturated rings. The first-order valence-electron chi connectivity index (χ1n) is 5.74. The maximum atomic E-state index is 11.7. The number of nitrogens with one attached hydrogen (secondary N) is 1. The van der Waals surface area contributed by atoms with Crippen molar-refractivity contribution in [1.82, 2.24) is 5.32 Å². The Kier molecular flexibility index (Phi) is 3.43. The minimum absolute atomic E-state index is 0.0856. The first-order valence-corrected chi connectivity index (χ1v) is 6.15. The lowest BCUT2D eigenvalue weighted by Crippen LogP contribution is -2.28. The van der Waals surface area contributed by atoms with Crippen molar-refractivity contribution >= 4 is 23.1 Å². The fourth-order valence-corrected chi connectivity index (χ4v) is 1.89. The molecular formula is C13H16N2OS. The van der Waals surface area contributed by atoms with E-state index in [1.807, 2.05) is 24.3 Å². The van der Waals surface area contributed by atoms with Gasteiger partial charge in [0, 0.05) is 11.6 Å². The summed E-state index contributed by atoms with van der Waals surface area (Å²) in [6.45, 7) is 2.14. The minimum Gasteiger partial charge on any atom is -0.389 e. The van der Waals surface area contributed by atoms with Crippen molar-refractivity contribution in [3.8, 4) is 0 Å². The number of nitrogens with two attached hydrogens (primary N) is 1. The molecule has 1 aromatic carbocycles. The van der Waals surface area contributed by atoms with E-state index in [9.17, 15) is 4.79 Å². The van der Waals surface area contributed by atoms with Crippen LogP contribution in [-0.2, 0) is 11.2 Å². The molecule has 1 aromatic rings. The van der Waals surface area contributed by atoms with Crippen LogP contribution in [0.1, 0.15) is 24.5 Å². The Labute approximate surface area is 106 Å². The van der Waals surface area contributed by atoms with E-state index in [1.165, 1.54) is 0 Å². The lowest BCUT2D eigenvalue weighted by molar-refractivity contribution is -0.120. The molecule has 1 saturated carbocycles. The molecular weight excluding hydrogens is 232 g/mol. The zero-order valence-corrected chi connectivity index (χ0v) is 10.6. The highest BCUT2D eigenvalue weighted by atomic mass is 32.1. The predicted octanol–water partition coefficient (Wildman–Crippen LogP) is 1.39. The van der Waals surface area contributed by atoms with Crippen LogP contribution >= 0.6 is 12.2 Å². The lowest BCUT2D eigenvalue weighted by Gasteiger charge is -2.05. The van der Waals surface area contributed by atoms with Gasteiger partial charge in [-0.1, -0.05) is 43.4 Å². The van der Waals surface area contributed by atoms with E-state index in [0.29, 0.717) is 23.4 Å². The summed E-state index contributed by atoms with van der Waals surface area (Å²) in [5.41, 5.74) is 7.32. The van der Waals surface area contributed by atoms with E-state index < -0.39 is 0 Å². The molecule has 1 aliphatic rings. The Morgan fingerprint density at radius 3 is 2.53 bits per heavy atom. The molecule has 1 amide bonds. The zero-order valence-electron chi connectivity index (χ0n) is 9.77. The van der Waals surface area contributed by atoms with Gasteiger partial charge in [-0.25, -0.2) is 0 Å². The van der Waals surface area contributed by atoms with Gasteiger partial charge in [-0.3, -0.25) is 4.79 Å². The molecule has 90 valence electrons. The largest absolute Gasteiger partial charge is 0.389 e. The Balaban J connectivity index is 1.89. The summed E-state index contributed by atoms with van der Waals surface area (Å²) in [5.74, 6) is 0.721. The van der Waals surface area contributed by atoms with Gasteiger partial charge in [0.25, 0.3) is 0 Å². The minimum atomic E-state index is 0.0856. The standard InChI is InChI=1S/C13H16N2OS/c1-8-6-11(8)15-12(16)7-9-2-4-10(5-3-9)13(14)17/h2-5,8,11H,6-7H2,1H3,(H2,14,17)(H,15,16). The lowest BCUT2D eigenvalue weighted by atomic mass is 10.1. The highest BCUT2D eigenvalue weighted by Crippen LogP contribution is 2.28. The maximum absolute atomic E-state index is 11.7. The maximum Gasteiger partial charge on any atom is 0.224 e. The van der Waals surface area contributed by atoms with Crippen LogP contribution in [0.4, 0.5) is 0 Å². The molecule has 0 saturated heterocycles. The van der Waals surface area contributed by atoms with E-state index >= 15 is 0 Å². The summed E-state index contributed by atoms with van der Waals surface area (Å²) >= 11 is 4.87. The molecule has 1 aliphatic carbocycles. The van der Waals surface area contributed by atoms with Crippen LogP contribution in [0.3, 0.4) is 0 Å². The Hall–Kier alpha value is -1.42. The summed E-state index contributed by atoms with van der Waals surface area (Å²) in [4.78, 5) is 12.0. The van der Waals surface area contributed by atoms with E-state index in [2.05, 4.69) is 12.2 Å². The van der Waals surface area contributed by atoms with Crippen LogP contribution in [0.15, 0.2) is 24.3 Å². The third kappa shape index (κ3) is 3.27. The normalized spacial score (nSPS) is 21.9. The molecule has 17 heavy (non-hydrogen) atoms. The van der Waals surface area contributed by atoms with Crippen molar-refractivity contribution in [3.05, 3.63) is 35.4 Å². The van der Waals surface area contributed by atoms with Gasteiger partial charge in [-0.2, -0.15) is 0 Å². The molecule has 2 unspecified atom stereocenters. The molecule has 3 N–H and O–H groups in total. The summed E-state index contributed by atoms with van der Waals surface area (Å²) in [6, 6.07) is 7.88. The number of carbonyl (C=O) groups excluding carboxylic acids is 1. The quantitative estimate of drug-likeness (QED) is 0.792. The van der Waals surface area contributed by atoms with Crippen molar-refractivity contribution in [1.29, 1.82) is 0 Å². The van der Waals surface area contributed by atoms with Crippen molar-refractivity contribution in [2.75, 3.05) is 0 Å². The van der Waals surface area contributed by atoms with Gasteiger partial charge in [-0.05, 0) is 17.9 Å². The molecule has 3 nitrogen and oxygen atoms in total. The summed E-state index contributed by atoms with van der Waals surface area (Å²) < 4.78 is 0. The highest BCUT2D eigenvalue weighted by Gasteiger charge is 2.33. The number of carbonyl (C=O) groups is 1. The third-order valence-corrected chi connectivity index (χ3v) is 3.29. The molecule has 2 atom stereocenters. The van der Waals surface area contributed by atoms with Crippen molar-refractivity contribution in [2.24, 2.45) is 11.7 Å². The van der Waals surface area contributed by atoms with Gasteiger partial charge in [0.2, 0.25) is 5.91 Å². The molecule has 0 spiro atoms. The number of hydrogen-bond acceptors (Lipinski definition) is 2. The van der Waals surface area contributed by atoms with E-state index in [4.69, 9.17) is 18.0 Å². The predicted molar refractivity (Wildman–Crippen MR) is 71.7 cm³/mol. The average molecular weight is 248 g/mol. The molecule has 0 aromatic heterocycles. The van der Waals surface area contributed by atoms with Crippen LogP contribution in [0.2, 0.25) is 0 Å². The van der Waals surface area contributed by atoms with Gasteiger partial charge in [0.1, 0.15) is 4.99 Å². The second-order valence-electron chi connectivity index (χ2n) is 4.62. The molecule has 0 bridgehead atoms. The Morgan fingerprint density at radius 2 is 2.06 bits per heavy atom. The Morgan fingerprint density at radius 1 is 1.47 bits per heavy atom. The van der Waals surface area contributed by atoms with Gasteiger partial charge in [0.15, 0.2) is 0 Å². The first-order chi connectivity index (χ1) is 8.06. The van der Waals surface area contributed by atoms with Gasteiger partial charge in [0.05, 0.1) is 6.42 Å². The first kappa shape index (κ1) is 12.0. The second kappa shape index (κ2) is 4.84. The molecule has 0 aliphatic heterocycles. The van der Waals surface area contributed by atoms with Crippen LogP contribution in [0.25, 0.3) is 0 Å². The fraction of sp³-hybridized carbons (Fsp3) is 0.385. The van der Waals surface area contributed by atoms with Crippen molar-refractivity contribution in [2.45, 2.75) is 25.8 Å². The van der Waals surface area contributed by atoms with Crippen molar-refractivity contribution < 1.29 is 4.79 Å². The number of hydrogen-bond donors (Lipinski definition) is 2. The number of thiocarbonyl (C=S) groups is 1. The van der Waals surface area contributed by atoms with E-state index in [1.54, 1.807) is 0 Å². The topological polar surface area (TPSA) is 55.1 Å². The van der Waals surface area contributed by atoms with Crippen LogP contribution in [0.5, 0.6) is 0 Å². The molecule has 2 rings (SSSR count). The Bertz CT molecular complexity index is 441. The number of benzene rings is 1. The molecule has 0 radical (unpaired) electrons. The van der Waals surface area contributed by atoms with Crippen LogP contribution < -0.4 is 11.1 Å². The third-order valence-electron chi connectivity index (χ3n) is 3.06. The fourth-order valence-electron chi connectivity index (χ4n) is 1.75. The second-order valence-corrected chi connectivity index (χ2v) is 5.06. The van der Waals surface area contributed by atoms with Gasteiger partial charge < -0.3 is 11.1 Å².